The molecular formula is C25H31N3O6S. The number of nitrogens with one attached hydrogen (secondary N) is 1. The number of fused-ring (bicyclic) bond motifs is 1. The Bertz CT molecular complexity index is 1290. The fraction of sp³-hybridized carbons (Fsp3) is 0.440. The van der Waals surface area contributed by atoms with E-state index < -0.39 is 27.8 Å². The predicted molar refractivity (Wildman–Crippen MR) is 132 cm³/mol. The number of pyridine rings is 1. The van der Waals surface area contributed by atoms with Crippen LogP contribution in [0.4, 0.5) is 10.5 Å². The van der Waals surface area contributed by atoms with E-state index in [-0.39, 0.29) is 22.2 Å². The first-order valence-electron chi connectivity index (χ1n) is 11.6. The maximum atomic E-state index is 13.6. The first kappa shape index (κ1) is 25.2. The van der Waals surface area contributed by atoms with Gasteiger partial charge in [-0.1, -0.05) is 18.2 Å². The van der Waals surface area contributed by atoms with Crippen molar-refractivity contribution in [1.82, 2.24) is 8.96 Å². The van der Waals surface area contributed by atoms with Crippen LogP contribution in [0.3, 0.4) is 0 Å². The van der Waals surface area contributed by atoms with Gasteiger partial charge in [-0.05, 0) is 70.2 Å². The summed E-state index contributed by atoms with van der Waals surface area (Å²) in [5, 5.41) is 14.3. The van der Waals surface area contributed by atoms with Gasteiger partial charge >= 0.3 is 6.09 Å². The maximum Gasteiger partial charge on any atom is 0.412 e. The highest BCUT2D eigenvalue weighted by molar-refractivity contribution is 7.90. The monoisotopic (exact) mass is 501 g/mol. The molecule has 0 saturated carbocycles. The number of aliphatic hydroxyl groups is 1. The largest absolute Gasteiger partial charge is 0.444 e. The van der Waals surface area contributed by atoms with Crippen LogP contribution in [-0.4, -0.2) is 47.4 Å². The molecule has 1 aromatic carbocycles. The Hall–Kier alpha value is -2.95. The first-order valence-corrected chi connectivity index (χ1v) is 13.1. The van der Waals surface area contributed by atoms with Gasteiger partial charge in [0.05, 0.1) is 28.6 Å². The first-order chi connectivity index (χ1) is 16.5. The van der Waals surface area contributed by atoms with Gasteiger partial charge in [-0.25, -0.2) is 22.2 Å². The van der Waals surface area contributed by atoms with Crippen molar-refractivity contribution in [3.63, 3.8) is 0 Å². The second kappa shape index (κ2) is 9.96. The molecule has 10 heteroatoms. The van der Waals surface area contributed by atoms with E-state index in [1.165, 1.54) is 18.3 Å². The summed E-state index contributed by atoms with van der Waals surface area (Å²) in [5.74, 6) is 0.224. The molecule has 1 aliphatic heterocycles. The molecule has 3 aromatic rings. The molecule has 1 aliphatic rings. The van der Waals surface area contributed by atoms with Crippen LogP contribution in [0.5, 0.6) is 0 Å². The second-order valence-electron chi connectivity index (χ2n) is 9.72. The molecule has 2 aromatic heterocycles. The van der Waals surface area contributed by atoms with Crippen LogP contribution in [0.15, 0.2) is 53.6 Å². The number of carbonyl (C=O) groups excluding carboxylic acids is 1. The van der Waals surface area contributed by atoms with Gasteiger partial charge in [-0.2, -0.15) is 0 Å². The van der Waals surface area contributed by atoms with Gasteiger partial charge < -0.3 is 14.6 Å². The van der Waals surface area contributed by atoms with Crippen molar-refractivity contribution < 1.29 is 27.8 Å². The van der Waals surface area contributed by atoms with Crippen molar-refractivity contribution in [1.29, 1.82) is 0 Å². The Morgan fingerprint density at radius 3 is 2.57 bits per heavy atom. The molecule has 3 heterocycles. The van der Waals surface area contributed by atoms with Gasteiger partial charge in [-0.15, -0.1) is 0 Å². The van der Waals surface area contributed by atoms with Crippen LogP contribution >= 0.6 is 0 Å². The molecule has 1 atom stereocenters. The Balaban J connectivity index is 1.75. The number of carbonyl (C=O) groups is 1. The average Bonchev–Trinajstić information content (AvgIpc) is 3.19. The van der Waals surface area contributed by atoms with Crippen LogP contribution < -0.4 is 5.32 Å². The third kappa shape index (κ3) is 5.83. The summed E-state index contributed by atoms with van der Waals surface area (Å²) in [4.78, 5) is 16.6. The Labute approximate surface area is 205 Å². The zero-order valence-corrected chi connectivity index (χ0v) is 20.9. The van der Waals surface area contributed by atoms with Gasteiger partial charge in [0.2, 0.25) is 0 Å². The quantitative estimate of drug-likeness (QED) is 0.511. The van der Waals surface area contributed by atoms with Gasteiger partial charge in [0, 0.05) is 18.6 Å². The standard InChI is InChI=1S/C25H31N3O6S/c1-25(2,3)34-24(30)27-19-14-18-15-21(22(29)13-17-9-11-33-12-10-17)28(23(18)26-16-19)35(31,32)20-7-5-4-6-8-20/h4-8,14-17,22,29H,9-13H2,1-3H3,(H,27,30). The topological polar surface area (TPSA) is 120 Å². The smallest absolute Gasteiger partial charge is 0.412 e. The van der Waals surface area contributed by atoms with Crippen LogP contribution in [0, 0.1) is 5.92 Å². The number of aliphatic hydroxyl groups excluding tert-OH is 1. The number of hydrogen-bond acceptors (Lipinski definition) is 7. The molecule has 1 unspecified atom stereocenters. The summed E-state index contributed by atoms with van der Waals surface area (Å²) in [5.41, 5.74) is 0.0872. The SMILES string of the molecule is CC(C)(C)OC(=O)Nc1cnc2c(c1)cc(C(O)CC1CCOCC1)n2S(=O)(=O)c1ccccc1. The van der Waals surface area contributed by atoms with Crippen LogP contribution in [0.2, 0.25) is 0 Å². The molecule has 188 valence electrons. The number of rotatable bonds is 6. The lowest BCUT2D eigenvalue weighted by molar-refractivity contribution is 0.0426. The molecule has 1 fully saturated rings. The molecule has 0 radical (unpaired) electrons. The van der Waals surface area contributed by atoms with Crippen LogP contribution in [0.25, 0.3) is 11.0 Å². The lowest BCUT2D eigenvalue weighted by Crippen LogP contribution is -2.27. The lowest BCUT2D eigenvalue weighted by Gasteiger charge is -2.24. The fourth-order valence-corrected chi connectivity index (χ4v) is 5.73. The minimum absolute atomic E-state index is 0.0924. The molecule has 35 heavy (non-hydrogen) atoms. The summed E-state index contributed by atoms with van der Waals surface area (Å²) in [6.07, 6.45) is 1.74. The van der Waals surface area contributed by atoms with Gasteiger partial charge in [0.1, 0.15) is 5.60 Å². The molecule has 0 bridgehead atoms. The highest BCUT2D eigenvalue weighted by Gasteiger charge is 2.29. The van der Waals surface area contributed by atoms with Crippen molar-refractivity contribution in [2.75, 3.05) is 18.5 Å². The molecule has 9 nitrogen and oxygen atoms in total. The van der Waals surface area contributed by atoms with E-state index in [2.05, 4.69) is 10.3 Å². The minimum Gasteiger partial charge on any atom is -0.444 e. The highest BCUT2D eigenvalue weighted by Crippen LogP contribution is 2.34. The summed E-state index contributed by atoms with van der Waals surface area (Å²) in [7, 11) is -4.04. The second-order valence-corrected chi connectivity index (χ2v) is 11.5. The third-order valence-corrected chi connectivity index (χ3v) is 7.52. The van der Waals surface area contributed by atoms with E-state index in [4.69, 9.17) is 9.47 Å². The zero-order valence-electron chi connectivity index (χ0n) is 20.1. The summed E-state index contributed by atoms with van der Waals surface area (Å²) >= 11 is 0. The van der Waals surface area contributed by atoms with Gasteiger partial charge in [-0.3, -0.25) is 5.32 Å². The van der Waals surface area contributed by atoms with E-state index in [1.807, 2.05) is 0 Å². The number of amides is 1. The fourth-order valence-electron chi connectivity index (χ4n) is 4.18. The number of ether oxygens (including phenoxy) is 2. The van der Waals surface area contributed by atoms with Crippen molar-refractivity contribution in [2.45, 2.75) is 56.6 Å². The van der Waals surface area contributed by atoms with Crippen molar-refractivity contribution in [3.8, 4) is 0 Å². The van der Waals surface area contributed by atoms with Gasteiger partial charge in [0.25, 0.3) is 10.0 Å². The Morgan fingerprint density at radius 2 is 1.91 bits per heavy atom. The van der Waals surface area contributed by atoms with E-state index in [1.54, 1.807) is 51.1 Å². The summed E-state index contributed by atoms with van der Waals surface area (Å²) in [6, 6.07) is 11.3. The lowest BCUT2D eigenvalue weighted by atomic mass is 9.92. The Kier molecular flexibility index (Phi) is 7.16. The number of aromatic nitrogens is 2. The summed E-state index contributed by atoms with van der Waals surface area (Å²) < 4.78 is 39.1. The minimum atomic E-state index is -4.04. The van der Waals surface area contributed by atoms with Crippen molar-refractivity contribution >= 4 is 32.8 Å². The molecule has 1 saturated heterocycles. The molecular weight excluding hydrogens is 470 g/mol. The average molecular weight is 502 g/mol. The van der Waals surface area contributed by atoms with Crippen molar-refractivity contribution in [3.05, 3.63) is 54.4 Å². The van der Waals surface area contributed by atoms with Crippen molar-refractivity contribution in [2.24, 2.45) is 5.92 Å². The van der Waals surface area contributed by atoms with Crippen LogP contribution in [-0.2, 0) is 19.5 Å². The molecule has 4 rings (SSSR count). The third-order valence-electron chi connectivity index (χ3n) is 5.79. The van der Waals surface area contributed by atoms with E-state index >= 15 is 0 Å². The van der Waals surface area contributed by atoms with Crippen LogP contribution in [0.1, 0.15) is 51.8 Å². The highest BCUT2D eigenvalue weighted by atomic mass is 32.2. The number of hydrogen-bond donors (Lipinski definition) is 2. The maximum absolute atomic E-state index is 13.6. The van der Waals surface area contributed by atoms with E-state index in [9.17, 15) is 18.3 Å². The predicted octanol–water partition coefficient (Wildman–Crippen LogP) is 4.47. The zero-order chi connectivity index (χ0) is 25.2. The molecule has 0 aliphatic carbocycles. The number of nitrogens with zero attached hydrogens (tertiary/aromatic N) is 2. The Morgan fingerprint density at radius 1 is 1.23 bits per heavy atom. The normalized spacial score (nSPS) is 16.2. The molecule has 1 amide bonds. The van der Waals surface area contributed by atoms with E-state index in [0.717, 1.165) is 16.8 Å². The van der Waals surface area contributed by atoms with Gasteiger partial charge in [0.15, 0.2) is 5.65 Å². The summed E-state index contributed by atoms with van der Waals surface area (Å²) in [6.45, 7) is 6.53. The molecule has 2 N–H and O–H groups in total. The number of benzene rings is 1. The number of anilines is 1. The van der Waals surface area contributed by atoms with E-state index in [0.29, 0.717) is 30.7 Å². The molecule has 0 spiro atoms.